The minimum atomic E-state index is 0.371. The van der Waals surface area contributed by atoms with Crippen LogP contribution in [0, 0.1) is 11.3 Å². The van der Waals surface area contributed by atoms with Crippen molar-refractivity contribution in [2.75, 3.05) is 0 Å². The van der Waals surface area contributed by atoms with E-state index in [9.17, 15) is 0 Å². The Hall–Kier alpha value is -2.41. The molecule has 0 bridgehead atoms. The first-order valence-corrected chi connectivity index (χ1v) is 5.92. The zero-order valence-electron chi connectivity index (χ0n) is 10.2. The second kappa shape index (κ2) is 5.78. The Labute approximate surface area is 106 Å². The van der Waals surface area contributed by atoms with E-state index in [2.05, 4.69) is 23.3 Å². The van der Waals surface area contributed by atoms with Crippen molar-refractivity contribution < 1.29 is 0 Å². The van der Waals surface area contributed by atoms with Crippen LogP contribution in [0.4, 0.5) is 0 Å². The molecule has 2 aromatic rings. The van der Waals surface area contributed by atoms with Crippen LogP contribution in [0.3, 0.4) is 0 Å². The van der Waals surface area contributed by atoms with Crippen molar-refractivity contribution in [2.45, 2.75) is 19.9 Å². The van der Waals surface area contributed by atoms with Gasteiger partial charge in [0.15, 0.2) is 5.69 Å². The number of nitrogens with zero attached hydrogens (tertiary/aromatic N) is 4. The molecule has 1 aromatic heterocycles. The van der Waals surface area contributed by atoms with Gasteiger partial charge in [-0.05, 0) is 18.1 Å². The summed E-state index contributed by atoms with van der Waals surface area (Å²) in [7, 11) is 0. The molecule has 0 radical (unpaired) electrons. The number of hydrogen-bond acceptors (Lipinski definition) is 3. The van der Waals surface area contributed by atoms with E-state index >= 15 is 0 Å². The second-order valence-electron chi connectivity index (χ2n) is 3.90. The molecule has 0 N–H and O–H groups in total. The zero-order valence-corrected chi connectivity index (χ0v) is 10.2. The fourth-order valence-corrected chi connectivity index (χ4v) is 1.68. The van der Waals surface area contributed by atoms with Crippen LogP contribution >= 0.6 is 0 Å². The van der Waals surface area contributed by atoms with E-state index in [-0.39, 0.29) is 0 Å². The van der Waals surface area contributed by atoms with Crippen molar-refractivity contribution in [1.29, 1.82) is 5.26 Å². The second-order valence-corrected chi connectivity index (χ2v) is 3.90. The fraction of sp³-hybridized carbons (Fsp3) is 0.214. The minimum absolute atomic E-state index is 0.371. The summed E-state index contributed by atoms with van der Waals surface area (Å²) in [4.78, 5) is 0. The molecular formula is C14H14N4. The third-order valence-electron chi connectivity index (χ3n) is 2.55. The van der Waals surface area contributed by atoms with E-state index in [0.29, 0.717) is 5.69 Å². The van der Waals surface area contributed by atoms with E-state index in [1.165, 1.54) is 0 Å². The lowest BCUT2D eigenvalue weighted by Gasteiger charge is -2.00. The highest BCUT2D eigenvalue weighted by Crippen LogP contribution is 2.11. The van der Waals surface area contributed by atoms with Gasteiger partial charge in [0, 0.05) is 6.54 Å². The van der Waals surface area contributed by atoms with Crippen molar-refractivity contribution in [3.63, 3.8) is 0 Å². The molecule has 0 aliphatic heterocycles. The van der Waals surface area contributed by atoms with E-state index in [4.69, 9.17) is 5.26 Å². The van der Waals surface area contributed by atoms with Crippen LogP contribution in [0.25, 0.3) is 12.2 Å². The Morgan fingerprint density at radius 1 is 1.28 bits per heavy atom. The lowest BCUT2D eigenvalue weighted by molar-refractivity contribution is 0.575. The van der Waals surface area contributed by atoms with Crippen molar-refractivity contribution >= 4 is 12.2 Å². The average Bonchev–Trinajstić information content (AvgIpc) is 2.80. The van der Waals surface area contributed by atoms with Gasteiger partial charge >= 0.3 is 0 Å². The topological polar surface area (TPSA) is 54.5 Å². The maximum Gasteiger partial charge on any atom is 0.190 e. The third-order valence-corrected chi connectivity index (χ3v) is 2.55. The minimum Gasteiger partial charge on any atom is -0.244 e. The summed E-state index contributed by atoms with van der Waals surface area (Å²) < 4.78 is 1.76. The molecule has 90 valence electrons. The van der Waals surface area contributed by atoms with Gasteiger partial charge in [0.2, 0.25) is 0 Å². The number of aromatic nitrogens is 3. The lowest BCUT2D eigenvalue weighted by Crippen LogP contribution is -2.01. The summed E-state index contributed by atoms with van der Waals surface area (Å²) in [5.74, 6) is 0. The van der Waals surface area contributed by atoms with Crippen molar-refractivity contribution in [1.82, 2.24) is 15.0 Å². The Bertz CT molecular complexity index is 576. The standard InChI is InChI=1S/C14H14N4/c1-2-10-18-14(13(11-15)16-17-18)9-8-12-6-4-3-5-7-12/h3-9H,2,10H2,1H3/b9-8+. The Morgan fingerprint density at radius 2 is 2.06 bits per heavy atom. The molecular weight excluding hydrogens is 224 g/mol. The highest BCUT2D eigenvalue weighted by Gasteiger charge is 2.08. The van der Waals surface area contributed by atoms with E-state index in [1.54, 1.807) is 4.68 Å². The predicted molar refractivity (Wildman–Crippen MR) is 70.4 cm³/mol. The lowest BCUT2D eigenvalue weighted by atomic mass is 10.2. The molecule has 0 atom stereocenters. The van der Waals surface area contributed by atoms with E-state index < -0.39 is 0 Å². The molecule has 0 unspecified atom stereocenters. The zero-order chi connectivity index (χ0) is 12.8. The number of hydrogen-bond donors (Lipinski definition) is 0. The van der Waals surface area contributed by atoms with Gasteiger partial charge in [-0.2, -0.15) is 5.26 Å². The van der Waals surface area contributed by atoms with Gasteiger partial charge in [0.1, 0.15) is 6.07 Å². The van der Waals surface area contributed by atoms with Crippen LogP contribution in [0.15, 0.2) is 30.3 Å². The molecule has 0 amide bonds. The molecule has 0 aliphatic carbocycles. The number of rotatable bonds is 4. The number of aryl methyl sites for hydroxylation is 1. The number of nitriles is 1. The molecule has 1 heterocycles. The Morgan fingerprint density at radius 3 is 2.72 bits per heavy atom. The molecule has 4 nitrogen and oxygen atoms in total. The molecule has 2 rings (SSSR count). The van der Waals surface area contributed by atoms with Crippen LogP contribution in [-0.2, 0) is 6.54 Å². The summed E-state index contributed by atoms with van der Waals surface area (Å²) >= 11 is 0. The SMILES string of the molecule is CCCn1nnc(C#N)c1/C=C/c1ccccc1. The van der Waals surface area contributed by atoms with Crippen LogP contribution in [0.1, 0.15) is 30.3 Å². The number of benzene rings is 1. The Balaban J connectivity index is 2.30. The monoisotopic (exact) mass is 238 g/mol. The third kappa shape index (κ3) is 2.64. The van der Waals surface area contributed by atoms with Gasteiger partial charge in [0.05, 0.1) is 5.69 Å². The first-order chi connectivity index (χ1) is 8.85. The van der Waals surface area contributed by atoms with Crippen LogP contribution < -0.4 is 0 Å². The van der Waals surface area contributed by atoms with Gasteiger partial charge in [-0.15, -0.1) is 5.10 Å². The first-order valence-electron chi connectivity index (χ1n) is 5.92. The Kier molecular flexibility index (Phi) is 3.87. The molecule has 18 heavy (non-hydrogen) atoms. The fourth-order valence-electron chi connectivity index (χ4n) is 1.68. The van der Waals surface area contributed by atoms with Crippen molar-refractivity contribution in [3.05, 3.63) is 47.3 Å². The van der Waals surface area contributed by atoms with Crippen LogP contribution in [0.2, 0.25) is 0 Å². The van der Waals surface area contributed by atoms with E-state index in [1.807, 2.05) is 42.5 Å². The molecule has 4 heteroatoms. The van der Waals surface area contributed by atoms with Crippen LogP contribution in [-0.4, -0.2) is 15.0 Å². The van der Waals surface area contributed by atoms with Gasteiger partial charge in [-0.25, -0.2) is 4.68 Å². The molecule has 0 fully saturated rings. The van der Waals surface area contributed by atoms with E-state index in [0.717, 1.165) is 24.2 Å². The predicted octanol–water partition coefficient (Wildman–Crippen LogP) is 2.73. The summed E-state index contributed by atoms with van der Waals surface area (Å²) in [6.07, 6.45) is 4.82. The highest BCUT2D eigenvalue weighted by molar-refractivity contribution is 5.69. The quantitative estimate of drug-likeness (QED) is 0.823. The van der Waals surface area contributed by atoms with Crippen molar-refractivity contribution in [2.24, 2.45) is 0 Å². The molecule has 0 saturated heterocycles. The smallest absolute Gasteiger partial charge is 0.190 e. The van der Waals surface area contributed by atoms with Gasteiger partial charge in [0.25, 0.3) is 0 Å². The van der Waals surface area contributed by atoms with Gasteiger partial charge in [-0.1, -0.05) is 48.5 Å². The largest absolute Gasteiger partial charge is 0.244 e. The summed E-state index contributed by atoms with van der Waals surface area (Å²) in [5, 5.41) is 16.8. The summed E-state index contributed by atoms with van der Waals surface area (Å²) in [6.45, 7) is 2.83. The molecule has 0 spiro atoms. The highest BCUT2D eigenvalue weighted by atomic mass is 15.4. The van der Waals surface area contributed by atoms with Gasteiger partial charge < -0.3 is 0 Å². The maximum absolute atomic E-state index is 9.00. The van der Waals surface area contributed by atoms with Crippen LogP contribution in [0.5, 0.6) is 0 Å². The normalized spacial score (nSPS) is 10.7. The summed E-state index contributed by atoms with van der Waals surface area (Å²) in [5.41, 5.74) is 2.23. The molecule has 1 aromatic carbocycles. The molecule has 0 aliphatic rings. The maximum atomic E-state index is 9.00. The summed E-state index contributed by atoms with van der Waals surface area (Å²) in [6, 6.07) is 12.0. The average molecular weight is 238 g/mol. The van der Waals surface area contributed by atoms with Crippen molar-refractivity contribution in [3.8, 4) is 6.07 Å². The first kappa shape index (κ1) is 12.1. The van der Waals surface area contributed by atoms with Gasteiger partial charge in [-0.3, -0.25) is 0 Å². The molecule has 0 saturated carbocycles.